The number of carbonyl (C=O) groups is 1. The van der Waals surface area contributed by atoms with E-state index < -0.39 is 5.97 Å². The quantitative estimate of drug-likeness (QED) is 0.889. The van der Waals surface area contributed by atoms with Crippen molar-refractivity contribution < 1.29 is 9.90 Å². The van der Waals surface area contributed by atoms with E-state index in [4.69, 9.17) is 5.11 Å². The van der Waals surface area contributed by atoms with Gasteiger partial charge < -0.3 is 10.0 Å². The van der Waals surface area contributed by atoms with Crippen molar-refractivity contribution in [3.05, 3.63) is 12.1 Å². The highest BCUT2D eigenvalue weighted by Crippen LogP contribution is 2.41. The van der Waals surface area contributed by atoms with Crippen LogP contribution in [0.3, 0.4) is 0 Å². The molecule has 1 N–H and O–H groups in total. The van der Waals surface area contributed by atoms with Crippen molar-refractivity contribution >= 4 is 17.4 Å². The van der Waals surface area contributed by atoms with E-state index in [0.717, 1.165) is 31.5 Å². The first kappa shape index (κ1) is 12.5. The lowest BCUT2D eigenvalue weighted by Crippen LogP contribution is -2.44. The topological polar surface area (TPSA) is 96.5 Å². The third kappa shape index (κ3) is 2.10. The van der Waals surface area contributed by atoms with Gasteiger partial charge in [-0.3, -0.25) is 4.79 Å². The first-order valence-corrected chi connectivity index (χ1v) is 7.26. The minimum absolute atomic E-state index is 0.278. The SMILES string of the molecule is O=C(O)CC1CC2CCC(C1)N2c1ccc2nnnn2n1. The number of fused-ring (bicyclic) bond motifs is 3. The van der Waals surface area contributed by atoms with Gasteiger partial charge in [-0.1, -0.05) is 0 Å². The molecule has 0 spiro atoms. The zero-order valence-electron chi connectivity index (χ0n) is 11.5. The summed E-state index contributed by atoms with van der Waals surface area (Å²) in [6.07, 6.45) is 4.35. The number of hydrogen-bond donors (Lipinski definition) is 1. The summed E-state index contributed by atoms with van der Waals surface area (Å²) in [5.41, 5.74) is 0.631. The fraction of sp³-hybridized carbons (Fsp3) is 0.615. The largest absolute Gasteiger partial charge is 0.481 e. The molecular formula is C13H16N6O2. The molecule has 2 unspecified atom stereocenters. The molecule has 8 nitrogen and oxygen atoms in total. The van der Waals surface area contributed by atoms with E-state index in [1.807, 2.05) is 12.1 Å². The van der Waals surface area contributed by atoms with E-state index in [1.165, 1.54) is 4.63 Å². The molecule has 0 aromatic carbocycles. The molecule has 21 heavy (non-hydrogen) atoms. The lowest BCUT2D eigenvalue weighted by Gasteiger charge is -2.39. The normalized spacial score (nSPS) is 28.2. The summed E-state index contributed by atoms with van der Waals surface area (Å²) in [5, 5.41) is 24.8. The molecule has 0 aliphatic carbocycles. The van der Waals surface area contributed by atoms with Crippen molar-refractivity contribution in [2.24, 2.45) is 5.92 Å². The second-order valence-electron chi connectivity index (χ2n) is 5.95. The predicted octanol–water partition coefficient (Wildman–Crippen LogP) is 0.741. The number of rotatable bonds is 3. The van der Waals surface area contributed by atoms with E-state index in [2.05, 4.69) is 25.5 Å². The monoisotopic (exact) mass is 288 g/mol. The molecule has 2 fully saturated rings. The van der Waals surface area contributed by atoms with Crippen LogP contribution in [0, 0.1) is 5.92 Å². The fourth-order valence-electron chi connectivity index (χ4n) is 3.86. The van der Waals surface area contributed by atoms with Gasteiger partial charge in [0.05, 0.1) is 0 Å². The van der Waals surface area contributed by atoms with E-state index in [9.17, 15) is 4.79 Å². The average Bonchev–Trinajstić information content (AvgIpc) is 3.00. The lowest BCUT2D eigenvalue weighted by atomic mass is 9.88. The summed E-state index contributed by atoms with van der Waals surface area (Å²) in [5.74, 6) is 0.477. The van der Waals surface area contributed by atoms with Crippen LogP contribution in [0.1, 0.15) is 32.1 Å². The lowest BCUT2D eigenvalue weighted by molar-refractivity contribution is -0.138. The second-order valence-corrected chi connectivity index (χ2v) is 5.95. The van der Waals surface area contributed by atoms with E-state index in [-0.39, 0.29) is 12.3 Å². The highest BCUT2D eigenvalue weighted by atomic mass is 16.4. The predicted molar refractivity (Wildman–Crippen MR) is 72.8 cm³/mol. The molecule has 0 saturated carbocycles. The van der Waals surface area contributed by atoms with Gasteiger partial charge in [0.25, 0.3) is 0 Å². The highest BCUT2D eigenvalue weighted by Gasteiger charge is 2.41. The number of nitrogens with zero attached hydrogens (tertiary/aromatic N) is 6. The molecule has 2 saturated heterocycles. The molecule has 2 atom stereocenters. The minimum atomic E-state index is -0.693. The third-order valence-electron chi connectivity index (χ3n) is 4.61. The molecule has 2 aromatic heterocycles. The summed E-state index contributed by atoms with van der Waals surface area (Å²) in [6.45, 7) is 0. The molecule has 110 valence electrons. The number of piperidine rings is 1. The van der Waals surface area contributed by atoms with Gasteiger partial charge in [0.1, 0.15) is 0 Å². The van der Waals surface area contributed by atoms with E-state index in [0.29, 0.717) is 17.7 Å². The minimum Gasteiger partial charge on any atom is -0.481 e. The molecule has 0 amide bonds. The molecule has 4 rings (SSSR count). The Bertz CT molecular complexity index is 672. The second kappa shape index (κ2) is 4.64. The summed E-state index contributed by atoms with van der Waals surface area (Å²) in [6, 6.07) is 4.59. The summed E-state index contributed by atoms with van der Waals surface area (Å²) >= 11 is 0. The smallest absolute Gasteiger partial charge is 0.303 e. The molecule has 2 bridgehead atoms. The Balaban J connectivity index is 1.60. The Kier molecular flexibility index (Phi) is 2.76. The average molecular weight is 288 g/mol. The van der Waals surface area contributed by atoms with Crippen LogP contribution in [0.15, 0.2) is 12.1 Å². The Hall–Kier alpha value is -2.25. The zero-order chi connectivity index (χ0) is 14.4. The maximum atomic E-state index is 10.9. The maximum absolute atomic E-state index is 10.9. The first-order valence-electron chi connectivity index (χ1n) is 7.26. The highest BCUT2D eigenvalue weighted by molar-refractivity contribution is 5.67. The van der Waals surface area contributed by atoms with E-state index >= 15 is 0 Å². The van der Waals surface area contributed by atoms with Gasteiger partial charge in [0.2, 0.25) is 0 Å². The van der Waals surface area contributed by atoms with Crippen LogP contribution in [0.5, 0.6) is 0 Å². The Morgan fingerprint density at radius 3 is 2.76 bits per heavy atom. The number of carboxylic acid groups (broad SMARTS) is 1. The van der Waals surface area contributed by atoms with Crippen LogP contribution in [0.2, 0.25) is 0 Å². The number of hydrogen-bond acceptors (Lipinski definition) is 6. The Labute approximate surface area is 120 Å². The molecular weight excluding hydrogens is 272 g/mol. The van der Waals surface area contributed by atoms with Crippen LogP contribution >= 0.6 is 0 Å². The standard InChI is InChI=1S/C13H16N6O2/c20-13(21)7-8-5-9-1-2-10(6-8)18(9)12-4-3-11-14-16-17-19(11)15-12/h3-4,8-10H,1-2,5-7H2,(H,20,21). The van der Waals surface area contributed by atoms with Crippen LogP contribution in [0.25, 0.3) is 5.65 Å². The van der Waals surface area contributed by atoms with Crippen LogP contribution < -0.4 is 4.90 Å². The van der Waals surface area contributed by atoms with Crippen LogP contribution in [-0.2, 0) is 4.79 Å². The first-order chi connectivity index (χ1) is 10.2. The Morgan fingerprint density at radius 2 is 2.05 bits per heavy atom. The van der Waals surface area contributed by atoms with Crippen LogP contribution in [0.4, 0.5) is 5.82 Å². The molecule has 2 aromatic rings. The van der Waals surface area contributed by atoms with Gasteiger partial charge in [-0.25, -0.2) is 0 Å². The van der Waals surface area contributed by atoms with Gasteiger partial charge in [-0.2, -0.15) is 0 Å². The van der Waals surface area contributed by atoms with Crippen molar-refractivity contribution in [2.75, 3.05) is 4.90 Å². The summed E-state index contributed by atoms with van der Waals surface area (Å²) in [7, 11) is 0. The zero-order valence-corrected chi connectivity index (χ0v) is 11.5. The maximum Gasteiger partial charge on any atom is 0.303 e. The third-order valence-corrected chi connectivity index (χ3v) is 4.61. The number of carboxylic acids is 1. The Morgan fingerprint density at radius 1 is 1.29 bits per heavy atom. The number of tetrazole rings is 1. The van der Waals surface area contributed by atoms with Crippen molar-refractivity contribution in [3.8, 4) is 0 Å². The number of aromatic nitrogens is 5. The van der Waals surface area contributed by atoms with Gasteiger partial charge in [-0.05, 0) is 54.2 Å². The molecule has 2 aliphatic rings. The summed E-state index contributed by atoms with van der Waals surface area (Å²) < 4.78 is 1.44. The molecule has 0 radical (unpaired) electrons. The van der Waals surface area contributed by atoms with Crippen molar-refractivity contribution in [1.29, 1.82) is 0 Å². The molecule has 2 aliphatic heterocycles. The fourth-order valence-corrected chi connectivity index (χ4v) is 3.86. The number of aliphatic carboxylic acids is 1. The summed E-state index contributed by atoms with van der Waals surface area (Å²) in [4.78, 5) is 13.3. The van der Waals surface area contributed by atoms with E-state index in [1.54, 1.807) is 0 Å². The number of anilines is 1. The van der Waals surface area contributed by atoms with Crippen molar-refractivity contribution in [3.63, 3.8) is 0 Å². The van der Waals surface area contributed by atoms with Crippen LogP contribution in [-0.4, -0.2) is 48.4 Å². The van der Waals surface area contributed by atoms with Crippen molar-refractivity contribution in [1.82, 2.24) is 25.3 Å². The van der Waals surface area contributed by atoms with Gasteiger partial charge in [0, 0.05) is 18.5 Å². The van der Waals surface area contributed by atoms with Gasteiger partial charge >= 0.3 is 5.97 Å². The van der Waals surface area contributed by atoms with Gasteiger partial charge in [0.15, 0.2) is 11.5 Å². The molecule has 4 heterocycles. The van der Waals surface area contributed by atoms with Crippen molar-refractivity contribution in [2.45, 2.75) is 44.2 Å². The van der Waals surface area contributed by atoms with Gasteiger partial charge in [-0.15, -0.1) is 14.8 Å². The molecule has 8 heteroatoms.